The molecule has 19 heavy (non-hydrogen) atoms. The first kappa shape index (κ1) is 13.5. The van der Waals surface area contributed by atoms with Crippen LogP contribution in [0.3, 0.4) is 0 Å². The molecule has 0 aliphatic rings. The van der Waals surface area contributed by atoms with Gasteiger partial charge in [0.05, 0.1) is 13.2 Å². The largest absolute Gasteiger partial charge is 0.496 e. The fourth-order valence-corrected chi connectivity index (χ4v) is 2.18. The molecule has 4 nitrogen and oxygen atoms in total. The Kier molecular flexibility index (Phi) is 4.14. The monoisotopic (exact) mass is 257 g/mol. The van der Waals surface area contributed by atoms with Gasteiger partial charge in [0.2, 0.25) is 0 Å². The predicted molar refractivity (Wildman–Crippen MR) is 75.9 cm³/mol. The van der Waals surface area contributed by atoms with Crippen molar-refractivity contribution < 1.29 is 4.74 Å². The van der Waals surface area contributed by atoms with E-state index in [-0.39, 0.29) is 6.04 Å². The van der Waals surface area contributed by atoms with Crippen LogP contribution >= 0.6 is 0 Å². The van der Waals surface area contributed by atoms with Gasteiger partial charge in [-0.15, -0.1) is 0 Å². The summed E-state index contributed by atoms with van der Waals surface area (Å²) in [4.78, 5) is 4.18. The molecule has 1 atom stereocenters. The highest BCUT2D eigenvalue weighted by atomic mass is 16.5. The van der Waals surface area contributed by atoms with Crippen molar-refractivity contribution in [1.29, 1.82) is 0 Å². The third kappa shape index (κ3) is 2.75. The first-order valence-electron chi connectivity index (χ1n) is 6.18. The summed E-state index contributed by atoms with van der Waals surface area (Å²) in [5.74, 6) is 6.56. The maximum absolute atomic E-state index is 5.73. The molecule has 0 radical (unpaired) electrons. The molecule has 0 amide bonds. The molecule has 1 aromatic carbocycles. The number of hydrazine groups is 1. The lowest BCUT2D eigenvalue weighted by Gasteiger charge is -2.21. The van der Waals surface area contributed by atoms with Crippen molar-refractivity contribution in [3.8, 4) is 5.75 Å². The Morgan fingerprint density at radius 2 is 2.00 bits per heavy atom. The smallest absolute Gasteiger partial charge is 0.124 e. The number of ether oxygens (including phenoxy) is 1. The highest BCUT2D eigenvalue weighted by Gasteiger charge is 2.18. The van der Waals surface area contributed by atoms with Crippen LogP contribution in [0, 0.1) is 13.8 Å². The van der Waals surface area contributed by atoms with E-state index in [1.807, 2.05) is 44.3 Å². The van der Waals surface area contributed by atoms with Gasteiger partial charge in [-0.05, 0) is 42.7 Å². The van der Waals surface area contributed by atoms with E-state index < -0.39 is 0 Å². The van der Waals surface area contributed by atoms with Gasteiger partial charge < -0.3 is 4.74 Å². The van der Waals surface area contributed by atoms with Crippen LogP contribution in [0.25, 0.3) is 0 Å². The summed E-state index contributed by atoms with van der Waals surface area (Å²) in [5.41, 5.74) is 7.20. The van der Waals surface area contributed by atoms with Crippen LogP contribution < -0.4 is 16.0 Å². The van der Waals surface area contributed by atoms with E-state index >= 15 is 0 Å². The Hall–Kier alpha value is -1.91. The van der Waals surface area contributed by atoms with Crippen LogP contribution in [-0.2, 0) is 0 Å². The van der Waals surface area contributed by atoms with Crippen molar-refractivity contribution in [2.75, 3.05) is 7.11 Å². The molecule has 1 heterocycles. The molecule has 1 aromatic heterocycles. The highest BCUT2D eigenvalue weighted by molar-refractivity contribution is 5.44. The Balaban J connectivity index is 2.51. The molecule has 100 valence electrons. The van der Waals surface area contributed by atoms with Gasteiger partial charge in [-0.2, -0.15) is 0 Å². The first-order valence-corrected chi connectivity index (χ1v) is 6.18. The molecule has 4 heteroatoms. The summed E-state index contributed by atoms with van der Waals surface area (Å²) in [5, 5.41) is 0. The number of nitrogens with two attached hydrogens (primary N) is 1. The fourth-order valence-electron chi connectivity index (χ4n) is 2.18. The van der Waals surface area contributed by atoms with E-state index in [4.69, 9.17) is 10.6 Å². The van der Waals surface area contributed by atoms with Gasteiger partial charge in [-0.1, -0.05) is 12.1 Å². The first-order chi connectivity index (χ1) is 9.17. The zero-order valence-corrected chi connectivity index (χ0v) is 11.5. The van der Waals surface area contributed by atoms with E-state index in [0.29, 0.717) is 0 Å². The summed E-state index contributed by atoms with van der Waals surface area (Å²) in [6, 6.07) is 7.93. The molecule has 1 unspecified atom stereocenters. The van der Waals surface area contributed by atoms with E-state index in [2.05, 4.69) is 10.4 Å². The number of rotatable bonds is 4. The van der Waals surface area contributed by atoms with Crippen LogP contribution in [0.5, 0.6) is 5.75 Å². The lowest BCUT2D eigenvalue weighted by atomic mass is 9.95. The molecule has 0 aliphatic carbocycles. The van der Waals surface area contributed by atoms with Gasteiger partial charge in [0.15, 0.2) is 0 Å². The van der Waals surface area contributed by atoms with E-state index in [0.717, 1.165) is 28.0 Å². The van der Waals surface area contributed by atoms with Crippen molar-refractivity contribution in [2.45, 2.75) is 19.9 Å². The Labute approximate surface area is 113 Å². The van der Waals surface area contributed by atoms with Crippen molar-refractivity contribution >= 4 is 0 Å². The summed E-state index contributed by atoms with van der Waals surface area (Å²) in [6.07, 6.45) is 3.61. The molecule has 2 rings (SSSR count). The maximum atomic E-state index is 5.73. The number of methoxy groups -OCH3 is 1. The Morgan fingerprint density at radius 1 is 1.21 bits per heavy atom. The molecule has 3 N–H and O–H groups in total. The van der Waals surface area contributed by atoms with Gasteiger partial charge >= 0.3 is 0 Å². The number of hydrogen-bond donors (Lipinski definition) is 2. The molecule has 0 bridgehead atoms. The maximum Gasteiger partial charge on any atom is 0.124 e. The third-order valence-corrected chi connectivity index (χ3v) is 3.26. The van der Waals surface area contributed by atoms with Crippen molar-refractivity contribution in [2.24, 2.45) is 5.84 Å². The second-order valence-corrected chi connectivity index (χ2v) is 4.58. The summed E-state index contributed by atoms with van der Waals surface area (Å²) in [7, 11) is 1.67. The molecular weight excluding hydrogens is 238 g/mol. The number of aryl methyl sites for hydroxylation is 2. The standard InChI is InChI=1S/C15H19N3O/c1-10-4-5-12(14(8-10)19-3)15(18-16)13-9-17-7-6-11(13)2/h4-9,15,18H,16H2,1-3H3. The molecule has 0 saturated carbocycles. The molecular formula is C15H19N3O. The normalized spacial score (nSPS) is 12.2. The van der Waals surface area contributed by atoms with Crippen LogP contribution in [-0.4, -0.2) is 12.1 Å². The number of nitrogens with one attached hydrogen (secondary N) is 1. The number of nitrogens with zero attached hydrogens (tertiary/aromatic N) is 1. The average Bonchev–Trinajstić information content (AvgIpc) is 2.43. The molecule has 0 fully saturated rings. The van der Waals surface area contributed by atoms with E-state index in [9.17, 15) is 0 Å². The minimum Gasteiger partial charge on any atom is -0.496 e. The van der Waals surface area contributed by atoms with Gasteiger partial charge in [0.1, 0.15) is 5.75 Å². The number of hydrogen-bond acceptors (Lipinski definition) is 4. The van der Waals surface area contributed by atoms with E-state index in [1.165, 1.54) is 0 Å². The van der Waals surface area contributed by atoms with Crippen molar-refractivity contribution in [3.05, 3.63) is 58.9 Å². The molecule has 0 aliphatic heterocycles. The number of aromatic nitrogens is 1. The second-order valence-electron chi connectivity index (χ2n) is 4.58. The molecule has 0 saturated heterocycles. The minimum absolute atomic E-state index is 0.135. The topological polar surface area (TPSA) is 60.2 Å². The molecule has 2 aromatic rings. The van der Waals surface area contributed by atoms with Crippen molar-refractivity contribution in [1.82, 2.24) is 10.4 Å². The Morgan fingerprint density at radius 3 is 2.63 bits per heavy atom. The summed E-state index contributed by atoms with van der Waals surface area (Å²) < 4.78 is 5.45. The summed E-state index contributed by atoms with van der Waals surface area (Å²) in [6.45, 7) is 4.08. The minimum atomic E-state index is -0.135. The third-order valence-electron chi connectivity index (χ3n) is 3.26. The lowest BCUT2D eigenvalue weighted by Crippen LogP contribution is -2.29. The zero-order valence-electron chi connectivity index (χ0n) is 11.5. The van der Waals surface area contributed by atoms with Crippen LogP contribution in [0.1, 0.15) is 28.3 Å². The number of pyridine rings is 1. The van der Waals surface area contributed by atoms with Gasteiger partial charge in [-0.3, -0.25) is 10.8 Å². The van der Waals surface area contributed by atoms with Crippen LogP contribution in [0.4, 0.5) is 0 Å². The van der Waals surface area contributed by atoms with Crippen molar-refractivity contribution in [3.63, 3.8) is 0 Å². The zero-order chi connectivity index (χ0) is 13.8. The van der Waals surface area contributed by atoms with E-state index in [1.54, 1.807) is 13.3 Å². The predicted octanol–water partition coefficient (Wildman–Crippen LogP) is 2.26. The quantitative estimate of drug-likeness (QED) is 0.651. The molecule has 0 spiro atoms. The number of benzene rings is 1. The fraction of sp³-hybridized carbons (Fsp3) is 0.267. The highest BCUT2D eigenvalue weighted by Crippen LogP contribution is 2.31. The van der Waals surface area contributed by atoms with Gasteiger partial charge in [0.25, 0.3) is 0 Å². The van der Waals surface area contributed by atoms with Crippen LogP contribution in [0.15, 0.2) is 36.7 Å². The van der Waals surface area contributed by atoms with Gasteiger partial charge in [0, 0.05) is 18.0 Å². The van der Waals surface area contributed by atoms with Gasteiger partial charge in [-0.25, -0.2) is 5.43 Å². The lowest BCUT2D eigenvalue weighted by molar-refractivity contribution is 0.404. The summed E-state index contributed by atoms with van der Waals surface area (Å²) >= 11 is 0. The second kappa shape index (κ2) is 5.82. The average molecular weight is 257 g/mol. The van der Waals surface area contributed by atoms with Crippen LogP contribution in [0.2, 0.25) is 0 Å². The Bertz CT molecular complexity index is 569. The SMILES string of the molecule is COc1cc(C)ccc1C(NN)c1cnccc1C.